The molecule has 0 spiro atoms. The summed E-state index contributed by atoms with van der Waals surface area (Å²) in [5.41, 5.74) is 1.09. The van der Waals surface area contributed by atoms with Gasteiger partial charge in [-0.1, -0.05) is 49.4 Å². The minimum Gasteiger partial charge on any atom is -0.395 e. The van der Waals surface area contributed by atoms with Crippen LogP contribution in [0.1, 0.15) is 24.9 Å². The fourth-order valence-corrected chi connectivity index (χ4v) is 2.44. The van der Waals surface area contributed by atoms with E-state index in [-0.39, 0.29) is 18.6 Å². The number of aromatic nitrogens is 2. The van der Waals surface area contributed by atoms with E-state index in [1.807, 2.05) is 55.5 Å². The third-order valence-electron chi connectivity index (χ3n) is 3.63. The van der Waals surface area contributed by atoms with Gasteiger partial charge in [0.05, 0.1) is 6.61 Å². The second-order valence-corrected chi connectivity index (χ2v) is 5.23. The Morgan fingerprint density at radius 3 is 2.74 bits per heavy atom. The monoisotopic (exact) mass is 313 g/mol. The third-order valence-corrected chi connectivity index (χ3v) is 3.63. The summed E-state index contributed by atoms with van der Waals surface area (Å²) in [4.78, 5) is 14.4. The topological polar surface area (TPSA) is 58.4 Å². The lowest BCUT2D eigenvalue weighted by atomic mass is 10.2. The van der Waals surface area contributed by atoms with Crippen LogP contribution in [0.5, 0.6) is 0 Å². The second kappa shape index (κ2) is 8.90. The molecule has 2 rings (SSSR count). The maximum atomic E-state index is 12.7. The molecule has 2 aromatic rings. The van der Waals surface area contributed by atoms with Crippen molar-refractivity contribution in [2.24, 2.45) is 0 Å². The molecule has 1 atom stereocenters. The Kier molecular flexibility index (Phi) is 6.56. The van der Waals surface area contributed by atoms with Crippen LogP contribution in [-0.2, 0) is 4.79 Å². The largest absolute Gasteiger partial charge is 0.395 e. The predicted octanol–water partition coefficient (Wildman–Crippen LogP) is 2.37. The number of aliphatic hydroxyl groups is 1. The number of benzene rings is 1. The van der Waals surface area contributed by atoms with Gasteiger partial charge in [-0.2, -0.15) is 5.10 Å². The van der Waals surface area contributed by atoms with E-state index in [0.717, 1.165) is 5.56 Å². The number of rotatable bonds is 8. The van der Waals surface area contributed by atoms with E-state index in [9.17, 15) is 9.90 Å². The van der Waals surface area contributed by atoms with Crippen molar-refractivity contribution in [2.75, 3.05) is 19.7 Å². The van der Waals surface area contributed by atoms with E-state index in [1.165, 1.54) is 0 Å². The van der Waals surface area contributed by atoms with Gasteiger partial charge in [0.2, 0.25) is 5.91 Å². The molecule has 0 aliphatic rings. The van der Waals surface area contributed by atoms with Crippen LogP contribution in [-0.4, -0.2) is 45.4 Å². The van der Waals surface area contributed by atoms with Crippen molar-refractivity contribution in [3.63, 3.8) is 0 Å². The van der Waals surface area contributed by atoms with Crippen LogP contribution in [0.4, 0.5) is 0 Å². The summed E-state index contributed by atoms with van der Waals surface area (Å²) in [5, 5.41) is 13.4. The van der Waals surface area contributed by atoms with Gasteiger partial charge in [0.15, 0.2) is 0 Å². The maximum Gasteiger partial charge on any atom is 0.247 e. The van der Waals surface area contributed by atoms with Crippen LogP contribution in [0, 0.1) is 0 Å². The smallest absolute Gasteiger partial charge is 0.247 e. The van der Waals surface area contributed by atoms with Gasteiger partial charge in [-0.3, -0.25) is 9.48 Å². The molecule has 1 aromatic heterocycles. The van der Waals surface area contributed by atoms with E-state index in [4.69, 9.17) is 0 Å². The Labute approximate surface area is 136 Å². The van der Waals surface area contributed by atoms with Crippen LogP contribution in [0.15, 0.2) is 54.9 Å². The first-order valence-corrected chi connectivity index (χ1v) is 7.86. The van der Waals surface area contributed by atoms with Gasteiger partial charge in [-0.15, -0.1) is 0 Å². The van der Waals surface area contributed by atoms with Crippen LogP contribution in [0.3, 0.4) is 0 Å². The molecule has 1 amide bonds. The van der Waals surface area contributed by atoms with Crippen molar-refractivity contribution in [3.8, 4) is 0 Å². The summed E-state index contributed by atoms with van der Waals surface area (Å²) >= 11 is 0. The number of nitrogens with zero attached hydrogens (tertiary/aromatic N) is 3. The van der Waals surface area contributed by atoms with Gasteiger partial charge in [0.1, 0.15) is 6.04 Å². The average Bonchev–Trinajstić information content (AvgIpc) is 3.10. The molecule has 5 nitrogen and oxygen atoms in total. The quantitative estimate of drug-likeness (QED) is 0.814. The number of carbonyl (C=O) groups is 1. The van der Waals surface area contributed by atoms with Crippen LogP contribution >= 0.6 is 0 Å². The van der Waals surface area contributed by atoms with Crippen molar-refractivity contribution < 1.29 is 9.90 Å². The number of hydrogen-bond acceptors (Lipinski definition) is 3. The molecule has 0 bridgehead atoms. The van der Waals surface area contributed by atoms with Crippen molar-refractivity contribution in [1.29, 1.82) is 0 Å². The Morgan fingerprint density at radius 2 is 2.13 bits per heavy atom. The SMILES string of the molecule is CC[C@H](C(=O)N(C/C=C/c1ccccc1)CCO)n1cccn1. The highest BCUT2D eigenvalue weighted by Crippen LogP contribution is 2.14. The number of carbonyl (C=O) groups excluding carboxylic acids is 1. The molecule has 0 radical (unpaired) electrons. The van der Waals surface area contributed by atoms with Gasteiger partial charge < -0.3 is 10.0 Å². The molecule has 0 aliphatic heterocycles. The first kappa shape index (κ1) is 17.0. The Hall–Kier alpha value is -2.40. The highest BCUT2D eigenvalue weighted by atomic mass is 16.3. The molecule has 1 N–H and O–H groups in total. The summed E-state index contributed by atoms with van der Waals surface area (Å²) in [6.07, 6.45) is 8.04. The molecule has 1 aromatic carbocycles. The van der Waals surface area contributed by atoms with E-state index in [2.05, 4.69) is 5.10 Å². The van der Waals surface area contributed by atoms with Crippen molar-refractivity contribution >= 4 is 12.0 Å². The molecule has 0 saturated heterocycles. The summed E-state index contributed by atoms with van der Waals surface area (Å²) in [7, 11) is 0. The summed E-state index contributed by atoms with van der Waals surface area (Å²) in [6.45, 7) is 2.68. The van der Waals surface area contributed by atoms with Crippen LogP contribution in [0.2, 0.25) is 0 Å². The number of amides is 1. The molecular formula is C18H23N3O2. The number of hydrogen-bond donors (Lipinski definition) is 1. The van der Waals surface area contributed by atoms with Crippen molar-refractivity contribution in [3.05, 3.63) is 60.4 Å². The van der Waals surface area contributed by atoms with Gasteiger partial charge in [-0.05, 0) is 18.1 Å². The third kappa shape index (κ3) is 4.79. The highest BCUT2D eigenvalue weighted by Gasteiger charge is 2.23. The molecule has 0 unspecified atom stereocenters. The van der Waals surface area contributed by atoms with Gasteiger partial charge in [-0.25, -0.2) is 0 Å². The van der Waals surface area contributed by atoms with Crippen LogP contribution in [0.25, 0.3) is 6.08 Å². The van der Waals surface area contributed by atoms with Gasteiger partial charge in [0.25, 0.3) is 0 Å². The van der Waals surface area contributed by atoms with E-state index < -0.39 is 0 Å². The fraction of sp³-hybridized carbons (Fsp3) is 0.333. The minimum atomic E-state index is -0.332. The molecule has 122 valence electrons. The normalized spacial score (nSPS) is 12.4. The zero-order valence-corrected chi connectivity index (χ0v) is 13.4. The maximum absolute atomic E-state index is 12.7. The Balaban J connectivity index is 2.04. The molecule has 0 fully saturated rings. The summed E-state index contributed by atoms with van der Waals surface area (Å²) in [5.74, 6) is -0.0250. The van der Waals surface area contributed by atoms with Gasteiger partial charge >= 0.3 is 0 Å². The number of aliphatic hydroxyl groups excluding tert-OH is 1. The summed E-state index contributed by atoms with van der Waals surface area (Å²) in [6, 6.07) is 11.4. The zero-order chi connectivity index (χ0) is 16.5. The van der Waals surface area contributed by atoms with Crippen LogP contribution < -0.4 is 0 Å². The Morgan fingerprint density at radius 1 is 1.35 bits per heavy atom. The van der Waals surface area contributed by atoms with E-state index in [1.54, 1.807) is 22.0 Å². The first-order chi connectivity index (χ1) is 11.3. The lowest BCUT2D eigenvalue weighted by molar-refractivity contribution is -0.135. The fourth-order valence-electron chi connectivity index (χ4n) is 2.44. The van der Waals surface area contributed by atoms with Crippen molar-refractivity contribution in [1.82, 2.24) is 14.7 Å². The predicted molar refractivity (Wildman–Crippen MR) is 90.7 cm³/mol. The highest BCUT2D eigenvalue weighted by molar-refractivity contribution is 5.80. The molecule has 23 heavy (non-hydrogen) atoms. The standard InChI is InChI=1S/C18H23N3O2/c1-2-17(21-13-7-11-19-21)18(23)20(14-15-22)12-6-10-16-8-4-3-5-9-16/h3-11,13,17,22H,2,12,14-15H2,1H3/b10-6+/t17-/m1/s1. The molecule has 1 heterocycles. The lowest BCUT2D eigenvalue weighted by Crippen LogP contribution is -2.39. The molecule has 0 saturated carbocycles. The first-order valence-electron chi connectivity index (χ1n) is 7.86. The van der Waals surface area contributed by atoms with E-state index in [0.29, 0.717) is 19.5 Å². The van der Waals surface area contributed by atoms with Crippen molar-refractivity contribution in [2.45, 2.75) is 19.4 Å². The average molecular weight is 313 g/mol. The lowest BCUT2D eigenvalue weighted by Gasteiger charge is -2.25. The minimum absolute atomic E-state index is 0.0250. The van der Waals surface area contributed by atoms with E-state index >= 15 is 0 Å². The Bertz CT molecular complexity index is 608. The molecular weight excluding hydrogens is 290 g/mol. The molecule has 0 aliphatic carbocycles. The second-order valence-electron chi connectivity index (χ2n) is 5.23. The zero-order valence-electron chi connectivity index (χ0n) is 13.4. The summed E-state index contributed by atoms with van der Waals surface area (Å²) < 4.78 is 1.67. The van der Waals surface area contributed by atoms with Gasteiger partial charge in [0, 0.05) is 25.5 Å². The molecule has 5 heteroatoms.